The monoisotopic (exact) mass is 398 g/mol. The number of hydrogen-bond acceptors (Lipinski definition) is 7. The van der Waals surface area contributed by atoms with Crippen LogP contribution in [0.25, 0.3) is 10.2 Å². The van der Waals surface area contributed by atoms with Gasteiger partial charge in [-0.15, -0.1) is 11.3 Å². The molecule has 3 heterocycles. The summed E-state index contributed by atoms with van der Waals surface area (Å²) in [7, 11) is 0. The number of rotatable bonds is 4. The van der Waals surface area contributed by atoms with E-state index < -0.39 is 0 Å². The molecule has 0 atom stereocenters. The second kappa shape index (κ2) is 7.89. The van der Waals surface area contributed by atoms with Gasteiger partial charge in [0, 0.05) is 31.9 Å². The number of thiophene rings is 1. The lowest BCUT2D eigenvalue weighted by Crippen LogP contribution is -2.50. The molecular formula is C19H22N6O2S. The average Bonchev–Trinajstić information content (AvgIpc) is 3.17. The number of nitrogens with zero attached hydrogens (tertiary/aromatic N) is 4. The molecule has 1 aromatic carbocycles. The number of carbonyl (C=O) groups excluding carboxylic acids is 1. The fourth-order valence-electron chi connectivity index (χ4n) is 3.22. The predicted molar refractivity (Wildman–Crippen MR) is 112 cm³/mol. The molecule has 8 nitrogen and oxygen atoms in total. The molecule has 2 aromatic heterocycles. The third kappa shape index (κ3) is 3.79. The normalized spacial score (nSPS) is 14.3. The maximum Gasteiger partial charge on any atom is 0.321 e. The number of benzene rings is 1. The highest BCUT2D eigenvalue weighted by atomic mass is 32.1. The number of nitrogen functional groups attached to an aromatic ring is 1. The second-order valence-corrected chi connectivity index (χ2v) is 7.30. The van der Waals surface area contributed by atoms with E-state index in [0.29, 0.717) is 32.8 Å². The fourth-order valence-corrected chi connectivity index (χ4v) is 3.99. The molecule has 1 saturated heterocycles. The summed E-state index contributed by atoms with van der Waals surface area (Å²) in [6, 6.07) is 9.30. The third-order valence-electron chi connectivity index (χ3n) is 4.61. The van der Waals surface area contributed by atoms with Gasteiger partial charge in [-0.25, -0.2) is 9.78 Å². The summed E-state index contributed by atoms with van der Waals surface area (Å²) in [6.07, 6.45) is 0. The van der Waals surface area contributed by atoms with E-state index in [2.05, 4.69) is 20.2 Å². The number of piperazine rings is 1. The van der Waals surface area contributed by atoms with Crippen molar-refractivity contribution in [3.63, 3.8) is 0 Å². The summed E-state index contributed by atoms with van der Waals surface area (Å²) in [6.45, 7) is 5.16. The van der Waals surface area contributed by atoms with Gasteiger partial charge in [-0.05, 0) is 42.6 Å². The van der Waals surface area contributed by atoms with Crippen molar-refractivity contribution in [2.75, 3.05) is 48.7 Å². The second-order valence-electron chi connectivity index (χ2n) is 6.41. The first-order chi connectivity index (χ1) is 13.6. The molecule has 1 aliphatic heterocycles. The number of nitrogens with one attached hydrogen (secondary N) is 1. The predicted octanol–water partition coefficient (Wildman–Crippen LogP) is 3.03. The molecule has 1 aliphatic rings. The van der Waals surface area contributed by atoms with Crippen LogP contribution in [-0.4, -0.2) is 53.7 Å². The van der Waals surface area contributed by atoms with Crippen molar-refractivity contribution in [1.82, 2.24) is 14.9 Å². The van der Waals surface area contributed by atoms with E-state index in [1.807, 2.05) is 47.5 Å². The first-order valence-electron chi connectivity index (χ1n) is 9.18. The summed E-state index contributed by atoms with van der Waals surface area (Å²) in [5, 5.41) is 5.93. The summed E-state index contributed by atoms with van der Waals surface area (Å²) < 4.78 is 5.42. The van der Waals surface area contributed by atoms with Gasteiger partial charge in [-0.1, -0.05) is 0 Å². The molecule has 28 heavy (non-hydrogen) atoms. The number of nitrogens with two attached hydrogens (primary N) is 1. The van der Waals surface area contributed by atoms with E-state index in [1.165, 1.54) is 0 Å². The van der Waals surface area contributed by atoms with E-state index in [4.69, 9.17) is 10.5 Å². The van der Waals surface area contributed by atoms with E-state index in [1.54, 1.807) is 11.3 Å². The SMILES string of the molecule is CCOc1ccc(NC(=O)N2CCN(c3nc(N)nc4sccc34)CC2)cc1. The molecule has 0 saturated carbocycles. The first kappa shape index (κ1) is 18.3. The minimum absolute atomic E-state index is 0.105. The van der Waals surface area contributed by atoms with Crippen molar-refractivity contribution >= 4 is 45.0 Å². The van der Waals surface area contributed by atoms with Crippen LogP contribution in [0.15, 0.2) is 35.7 Å². The Labute approximate surface area is 166 Å². The van der Waals surface area contributed by atoms with Gasteiger partial charge in [0.25, 0.3) is 0 Å². The largest absolute Gasteiger partial charge is 0.494 e. The van der Waals surface area contributed by atoms with Gasteiger partial charge in [-0.3, -0.25) is 0 Å². The van der Waals surface area contributed by atoms with E-state index in [0.717, 1.165) is 27.5 Å². The Hall–Kier alpha value is -3.07. The summed E-state index contributed by atoms with van der Waals surface area (Å²) in [5.41, 5.74) is 6.61. The van der Waals surface area contributed by atoms with Gasteiger partial charge >= 0.3 is 6.03 Å². The number of carbonyl (C=O) groups is 1. The van der Waals surface area contributed by atoms with E-state index in [9.17, 15) is 4.79 Å². The van der Waals surface area contributed by atoms with Crippen LogP contribution in [0.5, 0.6) is 5.75 Å². The molecule has 3 aromatic rings. The molecule has 0 aliphatic carbocycles. The van der Waals surface area contributed by atoms with Gasteiger partial charge in [0.1, 0.15) is 16.4 Å². The van der Waals surface area contributed by atoms with Crippen molar-refractivity contribution in [2.24, 2.45) is 0 Å². The molecule has 9 heteroatoms. The highest BCUT2D eigenvalue weighted by molar-refractivity contribution is 7.16. The van der Waals surface area contributed by atoms with Gasteiger partial charge in [-0.2, -0.15) is 4.98 Å². The zero-order valence-electron chi connectivity index (χ0n) is 15.6. The number of amides is 2. The molecule has 0 spiro atoms. The van der Waals surface area contributed by atoms with Gasteiger partial charge in [0.05, 0.1) is 12.0 Å². The maximum atomic E-state index is 12.6. The van der Waals surface area contributed by atoms with Gasteiger partial charge in [0.2, 0.25) is 5.95 Å². The van der Waals surface area contributed by atoms with Crippen molar-refractivity contribution < 1.29 is 9.53 Å². The third-order valence-corrected chi connectivity index (χ3v) is 5.41. The molecule has 2 amide bonds. The molecule has 146 valence electrons. The minimum Gasteiger partial charge on any atom is -0.494 e. The smallest absolute Gasteiger partial charge is 0.321 e. The fraction of sp³-hybridized carbons (Fsp3) is 0.316. The van der Waals surface area contributed by atoms with Crippen LogP contribution in [0.2, 0.25) is 0 Å². The summed E-state index contributed by atoms with van der Waals surface area (Å²) >= 11 is 1.55. The molecule has 0 bridgehead atoms. The Morgan fingerprint density at radius 1 is 1.18 bits per heavy atom. The molecule has 0 unspecified atom stereocenters. The van der Waals surface area contributed by atoms with Crippen LogP contribution >= 0.6 is 11.3 Å². The van der Waals surface area contributed by atoms with Crippen LogP contribution in [0.3, 0.4) is 0 Å². The van der Waals surface area contributed by atoms with Crippen LogP contribution in [-0.2, 0) is 0 Å². The van der Waals surface area contributed by atoms with E-state index >= 15 is 0 Å². The van der Waals surface area contributed by atoms with Gasteiger partial charge in [0.15, 0.2) is 0 Å². The number of aromatic nitrogens is 2. The zero-order chi connectivity index (χ0) is 19.5. The lowest BCUT2D eigenvalue weighted by atomic mass is 10.2. The summed E-state index contributed by atoms with van der Waals surface area (Å²) in [4.78, 5) is 26.1. The number of ether oxygens (including phenoxy) is 1. The highest BCUT2D eigenvalue weighted by Crippen LogP contribution is 2.29. The first-order valence-corrected chi connectivity index (χ1v) is 10.1. The number of urea groups is 1. The van der Waals surface area contributed by atoms with Crippen molar-refractivity contribution in [3.05, 3.63) is 35.7 Å². The number of hydrogen-bond donors (Lipinski definition) is 2. The van der Waals surface area contributed by atoms with Crippen LogP contribution < -0.4 is 20.7 Å². The lowest BCUT2D eigenvalue weighted by molar-refractivity contribution is 0.208. The molecular weight excluding hydrogens is 376 g/mol. The standard InChI is InChI=1S/C19H22N6O2S/c1-2-27-14-5-3-13(4-6-14)21-19(26)25-10-8-24(9-11-25)16-15-7-12-28-17(15)23-18(20)22-16/h3-7,12H,2,8-11H2,1H3,(H,21,26)(H2,20,22,23). The molecule has 4 rings (SSSR count). The lowest BCUT2D eigenvalue weighted by Gasteiger charge is -2.35. The minimum atomic E-state index is -0.105. The van der Waals surface area contributed by atoms with Crippen molar-refractivity contribution in [3.8, 4) is 5.75 Å². The van der Waals surface area contributed by atoms with Crippen molar-refractivity contribution in [1.29, 1.82) is 0 Å². The Kier molecular flexibility index (Phi) is 5.16. The average molecular weight is 398 g/mol. The topological polar surface area (TPSA) is 96.6 Å². The zero-order valence-corrected chi connectivity index (χ0v) is 16.4. The van der Waals surface area contributed by atoms with Crippen LogP contribution in [0, 0.1) is 0 Å². The highest BCUT2D eigenvalue weighted by Gasteiger charge is 2.24. The van der Waals surface area contributed by atoms with Crippen LogP contribution in [0.4, 0.5) is 22.2 Å². The Bertz CT molecular complexity index is 966. The number of fused-ring (bicyclic) bond motifs is 1. The van der Waals surface area contributed by atoms with Crippen LogP contribution in [0.1, 0.15) is 6.92 Å². The van der Waals surface area contributed by atoms with E-state index in [-0.39, 0.29) is 12.0 Å². The molecule has 3 N–H and O–H groups in total. The Morgan fingerprint density at radius 2 is 1.93 bits per heavy atom. The molecule has 1 fully saturated rings. The Balaban J connectivity index is 1.38. The molecule has 0 radical (unpaired) electrons. The summed E-state index contributed by atoms with van der Waals surface area (Å²) in [5.74, 6) is 1.91. The maximum absolute atomic E-state index is 12.6. The van der Waals surface area contributed by atoms with Crippen molar-refractivity contribution in [2.45, 2.75) is 6.92 Å². The number of anilines is 3. The Morgan fingerprint density at radius 3 is 2.64 bits per heavy atom. The van der Waals surface area contributed by atoms with Gasteiger partial charge < -0.3 is 25.6 Å². The quantitative estimate of drug-likeness (QED) is 0.701.